The molecule has 0 aromatic heterocycles. The first-order chi connectivity index (χ1) is 8.57. The van der Waals surface area contributed by atoms with Gasteiger partial charge >= 0.3 is 6.03 Å². The molecule has 0 saturated heterocycles. The van der Waals surface area contributed by atoms with E-state index in [2.05, 4.69) is 0 Å². The van der Waals surface area contributed by atoms with Crippen molar-refractivity contribution in [1.29, 1.82) is 0 Å². The monoisotopic (exact) mass is 250 g/mol. The molecule has 0 fully saturated rings. The summed E-state index contributed by atoms with van der Waals surface area (Å²) >= 11 is 0. The first kappa shape index (κ1) is 14.2. The average molecular weight is 250 g/mol. The van der Waals surface area contributed by atoms with Crippen LogP contribution >= 0.6 is 0 Å². The highest BCUT2D eigenvalue weighted by Gasteiger charge is 2.25. The van der Waals surface area contributed by atoms with E-state index in [4.69, 9.17) is 4.84 Å². The molecule has 18 heavy (non-hydrogen) atoms. The molecule has 0 aliphatic rings. The highest BCUT2D eigenvalue weighted by atomic mass is 16.7. The van der Waals surface area contributed by atoms with E-state index in [1.807, 2.05) is 13.0 Å². The van der Waals surface area contributed by atoms with Gasteiger partial charge in [-0.2, -0.15) is 0 Å². The molecule has 0 saturated carbocycles. The Hall–Kier alpha value is -1.88. The maximum absolute atomic E-state index is 12.2. The van der Waals surface area contributed by atoms with Crippen molar-refractivity contribution in [2.24, 2.45) is 0 Å². The molecular formula is C13H18N2O3. The van der Waals surface area contributed by atoms with Gasteiger partial charge in [-0.25, -0.2) is 4.79 Å². The predicted molar refractivity (Wildman–Crippen MR) is 67.9 cm³/mol. The van der Waals surface area contributed by atoms with Crippen LogP contribution in [0.3, 0.4) is 0 Å². The van der Waals surface area contributed by atoms with Crippen LogP contribution in [0, 0.1) is 0 Å². The lowest BCUT2D eigenvalue weighted by molar-refractivity contribution is -0.0932. The molecule has 0 spiro atoms. The molecule has 98 valence electrons. The first-order valence-electron chi connectivity index (χ1n) is 5.81. The molecule has 1 aromatic carbocycles. The number of rotatable bonds is 4. The normalized spacial score (nSPS) is 9.94. The second-order valence-electron chi connectivity index (χ2n) is 3.98. The van der Waals surface area contributed by atoms with Crippen LogP contribution in [0.25, 0.3) is 0 Å². The molecule has 3 amide bonds. The number of urea groups is 1. The Morgan fingerprint density at radius 1 is 1.17 bits per heavy atom. The molecule has 0 heterocycles. The van der Waals surface area contributed by atoms with Crippen LogP contribution in [0.2, 0.25) is 0 Å². The van der Waals surface area contributed by atoms with Crippen molar-refractivity contribution in [2.45, 2.75) is 13.3 Å². The van der Waals surface area contributed by atoms with Crippen LogP contribution in [0.1, 0.15) is 23.7 Å². The highest BCUT2D eigenvalue weighted by molar-refractivity contribution is 6.03. The van der Waals surface area contributed by atoms with Crippen LogP contribution in [0.15, 0.2) is 30.3 Å². The molecule has 1 rings (SSSR count). The fourth-order valence-corrected chi connectivity index (χ4v) is 1.26. The molecule has 5 heteroatoms. The largest absolute Gasteiger partial charge is 0.351 e. The number of hydrogen-bond acceptors (Lipinski definition) is 3. The van der Waals surface area contributed by atoms with E-state index in [9.17, 15) is 9.59 Å². The van der Waals surface area contributed by atoms with Crippen molar-refractivity contribution >= 4 is 11.9 Å². The van der Waals surface area contributed by atoms with Gasteiger partial charge in [0, 0.05) is 19.7 Å². The molecule has 0 atom stereocenters. The standard InChI is InChI=1S/C13H18N2O3/c1-4-10-18-15(13(17)14(2)3)12(16)11-8-6-5-7-9-11/h5-9H,4,10H2,1-3H3. The van der Waals surface area contributed by atoms with Crippen LogP contribution in [-0.2, 0) is 4.84 Å². The van der Waals surface area contributed by atoms with Gasteiger partial charge in [-0.15, -0.1) is 5.06 Å². The van der Waals surface area contributed by atoms with Crippen molar-refractivity contribution < 1.29 is 14.4 Å². The summed E-state index contributed by atoms with van der Waals surface area (Å²) in [7, 11) is 3.14. The van der Waals surface area contributed by atoms with Gasteiger partial charge in [0.2, 0.25) is 0 Å². The third kappa shape index (κ3) is 3.56. The number of imide groups is 1. The van der Waals surface area contributed by atoms with Gasteiger partial charge in [0.1, 0.15) is 0 Å². The average Bonchev–Trinajstić information content (AvgIpc) is 2.39. The minimum atomic E-state index is -0.489. The Labute approximate surface area is 107 Å². The SMILES string of the molecule is CCCON(C(=O)c1ccccc1)C(=O)N(C)C. The van der Waals surface area contributed by atoms with Crippen LogP contribution in [0.5, 0.6) is 0 Å². The van der Waals surface area contributed by atoms with Crippen molar-refractivity contribution in [2.75, 3.05) is 20.7 Å². The Morgan fingerprint density at radius 2 is 1.78 bits per heavy atom. The van der Waals surface area contributed by atoms with Crippen molar-refractivity contribution in [3.8, 4) is 0 Å². The number of benzene rings is 1. The van der Waals surface area contributed by atoms with Gasteiger partial charge in [0.15, 0.2) is 0 Å². The van der Waals surface area contributed by atoms with E-state index in [0.29, 0.717) is 12.2 Å². The summed E-state index contributed by atoms with van der Waals surface area (Å²) in [5.41, 5.74) is 0.420. The second kappa shape index (κ2) is 6.76. The summed E-state index contributed by atoms with van der Waals surface area (Å²) in [6.07, 6.45) is 0.722. The van der Waals surface area contributed by atoms with E-state index in [-0.39, 0.29) is 0 Å². The lowest BCUT2D eigenvalue weighted by Crippen LogP contribution is -2.43. The molecule has 0 N–H and O–H groups in total. The highest BCUT2D eigenvalue weighted by Crippen LogP contribution is 2.08. The van der Waals surface area contributed by atoms with Crippen LogP contribution in [-0.4, -0.2) is 42.6 Å². The topological polar surface area (TPSA) is 49.9 Å². The molecule has 0 bridgehead atoms. The van der Waals surface area contributed by atoms with Gasteiger partial charge in [0.25, 0.3) is 5.91 Å². The van der Waals surface area contributed by atoms with Crippen LogP contribution in [0.4, 0.5) is 4.79 Å². The Kier molecular flexibility index (Phi) is 5.32. The Bertz CT molecular complexity index is 404. The fourth-order valence-electron chi connectivity index (χ4n) is 1.26. The van der Waals surface area contributed by atoms with Crippen molar-refractivity contribution in [3.63, 3.8) is 0 Å². The first-order valence-corrected chi connectivity index (χ1v) is 5.81. The quantitative estimate of drug-likeness (QED) is 0.769. The lowest BCUT2D eigenvalue weighted by atomic mass is 10.2. The van der Waals surface area contributed by atoms with E-state index in [1.54, 1.807) is 38.4 Å². The molecular weight excluding hydrogens is 232 g/mol. The third-order valence-electron chi connectivity index (χ3n) is 2.19. The number of nitrogens with zero attached hydrogens (tertiary/aromatic N) is 2. The zero-order valence-electron chi connectivity index (χ0n) is 10.9. The van der Waals surface area contributed by atoms with Crippen molar-refractivity contribution in [1.82, 2.24) is 9.96 Å². The van der Waals surface area contributed by atoms with Crippen LogP contribution < -0.4 is 0 Å². The lowest BCUT2D eigenvalue weighted by Gasteiger charge is -2.23. The Morgan fingerprint density at radius 3 is 2.28 bits per heavy atom. The summed E-state index contributed by atoms with van der Waals surface area (Å²) in [5.74, 6) is -0.456. The van der Waals surface area contributed by atoms with E-state index < -0.39 is 11.9 Å². The zero-order valence-corrected chi connectivity index (χ0v) is 10.9. The van der Waals surface area contributed by atoms with Gasteiger partial charge in [-0.3, -0.25) is 9.63 Å². The van der Waals surface area contributed by atoms with E-state index in [0.717, 1.165) is 11.5 Å². The smallest absolute Gasteiger partial charge is 0.329 e. The predicted octanol–water partition coefficient (Wildman–Crippen LogP) is 2.15. The molecule has 0 aliphatic heterocycles. The van der Waals surface area contributed by atoms with Gasteiger partial charge in [-0.1, -0.05) is 25.1 Å². The maximum Gasteiger partial charge on any atom is 0.351 e. The summed E-state index contributed by atoms with van der Waals surface area (Å²) in [4.78, 5) is 30.5. The summed E-state index contributed by atoms with van der Waals surface area (Å²) in [6, 6.07) is 8.09. The Balaban J connectivity index is 2.89. The fraction of sp³-hybridized carbons (Fsp3) is 0.385. The number of carbonyl (C=O) groups excluding carboxylic acids is 2. The number of carbonyl (C=O) groups is 2. The number of hydrogen-bond donors (Lipinski definition) is 0. The minimum Gasteiger partial charge on any atom is -0.329 e. The summed E-state index contributed by atoms with van der Waals surface area (Å²) in [6.45, 7) is 2.23. The van der Waals surface area contributed by atoms with Crippen molar-refractivity contribution in [3.05, 3.63) is 35.9 Å². The number of hydroxylamine groups is 2. The van der Waals surface area contributed by atoms with Gasteiger partial charge < -0.3 is 4.90 Å². The zero-order chi connectivity index (χ0) is 13.5. The second-order valence-corrected chi connectivity index (χ2v) is 3.98. The molecule has 0 radical (unpaired) electrons. The van der Waals surface area contributed by atoms with E-state index >= 15 is 0 Å². The summed E-state index contributed by atoms with van der Waals surface area (Å²) in [5, 5.41) is 0.804. The van der Waals surface area contributed by atoms with Gasteiger partial charge in [-0.05, 0) is 18.6 Å². The number of amides is 3. The van der Waals surface area contributed by atoms with E-state index in [1.165, 1.54) is 4.90 Å². The molecule has 1 aromatic rings. The molecule has 5 nitrogen and oxygen atoms in total. The minimum absolute atomic E-state index is 0.318. The summed E-state index contributed by atoms with van der Waals surface area (Å²) < 4.78 is 0. The third-order valence-corrected chi connectivity index (χ3v) is 2.19. The maximum atomic E-state index is 12.2. The van der Waals surface area contributed by atoms with Gasteiger partial charge in [0.05, 0.1) is 6.61 Å². The molecule has 0 aliphatic carbocycles. The molecule has 0 unspecified atom stereocenters.